The minimum Gasteiger partial charge on any atom is -0.352 e. The second kappa shape index (κ2) is 9.46. The highest BCUT2D eigenvalue weighted by atomic mass is 19.1. The van der Waals surface area contributed by atoms with Gasteiger partial charge in [0.2, 0.25) is 11.8 Å². The maximum atomic E-state index is 13.9. The second-order valence-electron chi connectivity index (χ2n) is 7.29. The number of nitrogens with zero attached hydrogens (tertiary/aromatic N) is 1. The van der Waals surface area contributed by atoms with E-state index in [4.69, 9.17) is 0 Å². The van der Waals surface area contributed by atoms with E-state index in [1.165, 1.54) is 6.07 Å². The molecule has 1 saturated heterocycles. The summed E-state index contributed by atoms with van der Waals surface area (Å²) in [4.78, 5) is 26.6. The molecule has 6 heteroatoms. The highest BCUT2D eigenvalue weighted by Gasteiger charge is 2.25. The Kier molecular flexibility index (Phi) is 6.76. The summed E-state index contributed by atoms with van der Waals surface area (Å²) in [5, 5.41) is 5.61. The molecular formula is C22H26FN3O2. The number of likely N-dealkylation sites (tertiary alicyclic amines) is 1. The summed E-state index contributed by atoms with van der Waals surface area (Å²) in [6.07, 6.45) is 1.43. The van der Waals surface area contributed by atoms with Crippen molar-refractivity contribution in [3.63, 3.8) is 0 Å². The van der Waals surface area contributed by atoms with Crippen molar-refractivity contribution in [1.82, 2.24) is 10.2 Å². The predicted molar refractivity (Wildman–Crippen MR) is 107 cm³/mol. The molecule has 1 aliphatic rings. The molecule has 0 atom stereocenters. The lowest BCUT2D eigenvalue weighted by Crippen LogP contribution is -2.43. The Balaban J connectivity index is 1.41. The SMILES string of the molecule is Cc1ccc(NC(=O)CN2CCC(C(=O)NCc3ccccc3)CC2)c(F)c1. The van der Waals surface area contributed by atoms with Gasteiger partial charge in [0.25, 0.3) is 0 Å². The van der Waals surface area contributed by atoms with Gasteiger partial charge in [-0.15, -0.1) is 0 Å². The third-order valence-electron chi connectivity index (χ3n) is 5.03. The molecule has 148 valence electrons. The predicted octanol–water partition coefficient (Wildman–Crippen LogP) is 3.10. The summed E-state index contributed by atoms with van der Waals surface area (Å²) < 4.78 is 13.9. The zero-order valence-electron chi connectivity index (χ0n) is 16.1. The van der Waals surface area contributed by atoms with E-state index in [9.17, 15) is 14.0 Å². The van der Waals surface area contributed by atoms with Gasteiger partial charge in [-0.1, -0.05) is 36.4 Å². The fourth-order valence-corrected chi connectivity index (χ4v) is 3.40. The molecule has 0 bridgehead atoms. The Morgan fingerprint density at radius 2 is 1.82 bits per heavy atom. The normalized spacial score (nSPS) is 15.2. The summed E-state index contributed by atoms with van der Waals surface area (Å²) in [7, 11) is 0. The van der Waals surface area contributed by atoms with Gasteiger partial charge in [0.1, 0.15) is 5.82 Å². The molecule has 2 aromatic rings. The van der Waals surface area contributed by atoms with Crippen LogP contribution in [0.5, 0.6) is 0 Å². The maximum absolute atomic E-state index is 13.9. The van der Waals surface area contributed by atoms with E-state index in [1.807, 2.05) is 35.2 Å². The van der Waals surface area contributed by atoms with E-state index in [2.05, 4.69) is 10.6 Å². The number of aryl methyl sites for hydroxylation is 1. The summed E-state index contributed by atoms with van der Waals surface area (Å²) in [6.45, 7) is 3.88. The molecule has 1 fully saturated rings. The molecule has 2 N–H and O–H groups in total. The molecular weight excluding hydrogens is 357 g/mol. The van der Waals surface area contributed by atoms with Crippen LogP contribution >= 0.6 is 0 Å². The second-order valence-corrected chi connectivity index (χ2v) is 7.29. The highest BCUT2D eigenvalue weighted by Crippen LogP contribution is 2.18. The Hall–Kier alpha value is -2.73. The van der Waals surface area contributed by atoms with Crippen LogP contribution in [0.3, 0.4) is 0 Å². The van der Waals surface area contributed by atoms with Crippen molar-refractivity contribution >= 4 is 17.5 Å². The van der Waals surface area contributed by atoms with Crippen LogP contribution < -0.4 is 10.6 Å². The van der Waals surface area contributed by atoms with Crippen LogP contribution in [0.25, 0.3) is 0 Å². The number of benzene rings is 2. The van der Waals surface area contributed by atoms with Gasteiger partial charge in [-0.05, 0) is 56.1 Å². The average Bonchev–Trinajstić information content (AvgIpc) is 2.69. The van der Waals surface area contributed by atoms with Crippen LogP contribution in [0.4, 0.5) is 10.1 Å². The highest BCUT2D eigenvalue weighted by molar-refractivity contribution is 5.92. The Morgan fingerprint density at radius 1 is 1.11 bits per heavy atom. The van der Waals surface area contributed by atoms with Crippen LogP contribution in [0.2, 0.25) is 0 Å². The number of piperidine rings is 1. The van der Waals surface area contributed by atoms with Gasteiger partial charge in [-0.2, -0.15) is 0 Å². The van der Waals surface area contributed by atoms with Crippen LogP contribution in [0, 0.1) is 18.7 Å². The number of amides is 2. The molecule has 1 heterocycles. The smallest absolute Gasteiger partial charge is 0.238 e. The van der Waals surface area contributed by atoms with Gasteiger partial charge in [-0.3, -0.25) is 14.5 Å². The number of hydrogen-bond acceptors (Lipinski definition) is 3. The zero-order chi connectivity index (χ0) is 19.9. The van der Waals surface area contributed by atoms with Crippen molar-refractivity contribution in [2.45, 2.75) is 26.3 Å². The minimum absolute atomic E-state index is 0.0300. The van der Waals surface area contributed by atoms with E-state index in [0.29, 0.717) is 32.5 Å². The zero-order valence-corrected chi connectivity index (χ0v) is 16.1. The molecule has 28 heavy (non-hydrogen) atoms. The number of hydrogen-bond donors (Lipinski definition) is 2. The fraction of sp³-hybridized carbons (Fsp3) is 0.364. The summed E-state index contributed by atoms with van der Waals surface area (Å²) in [5.41, 5.74) is 2.09. The third kappa shape index (κ3) is 5.63. The Labute approximate surface area is 164 Å². The molecule has 0 spiro atoms. The number of halogens is 1. The molecule has 0 unspecified atom stereocenters. The van der Waals surface area contributed by atoms with Crippen molar-refractivity contribution < 1.29 is 14.0 Å². The topological polar surface area (TPSA) is 61.4 Å². The maximum Gasteiger partial charge on any atom is 0.238 e. The summed E-state index contributed by atoms with van der Waals surface area (Å²) in [5.74, 6) is -0.635. The van der Waals surface area contributed by atoms with E-state index < -0.39 is 5.82 Å². The molecule has 3 rings (SSSR count). The molecule has 1 aliphatic heterocycles. The van der Waals surface area contributed by atoms with Crippen molar-refractivity contribution in [2.24, 2.45) is 5.92 Å². The largest absolute Gasteiger partial charge is 0.352 e. The number of rotatable bonds is 6. The number of anilines is 1. The average molecular weight is 383 g/mol. The van der Waals surface area contributed by atoms with Gasteiger partial charge in [0, 0.05) is 12.5 Å². The Bertz CT molecular complexity index is 818. The van der Waals surface area contributed by atoms with E-state index in [0.717, 1.165) is 11.1 Å². The van der Waals surface area contributed by atoms with Crippen LogP contribution in [-0.2, 0) is 16.1 Å². The summed E-state index contributed by atoms with van der Waals surface area (Å²) in [6, 6.07) is 14.6. The van der Waals surface area contributed by atoms with Gasteiger partial charge < -0.3 is 10.6 Å². The fourth-order valence-electron chi connectivity index (χ4n) is 3.40. The Morgan fingerprint density at radius 3 is 2.50 bits per heavy atom. The molecule has 5 nitrogen and oxygen atoms in total. The van der Waals surface area contributed by atoms with Crippen LogP contribution in [0.15, 0.2) is 48.5 Å². The molecule has 2 aromatic carbocycles. The lowest BCUT2D eigenvalue weighted by atomic mass is 9.96. The first-order valence-electron chi connectivity index (χ1n) is 9.61. The summed E-state index contributed by atoms with van der Waals surface area (Å²) >= 11 is 0. The number of nitrogens with one attached hydrogen (secondary N) is 2. The van der Waals surface area contributed by atoms with Crippen molar-refractivity contribution in [2.75, 3.05) is 25.0 Å². The lowest BCUT2D eigenvalue weighted by Gasteiger charge is -2.30. The van der Waals surface area contributed by atoms with Crippen molar-refractivity contribution in [3.8, 4) is 0 Å². The van der Waals surface area contributed by atoms with Gasteiger partial charge >= 0.3 is 0 Å². The molecule has 0 aliphatic carbocycles. The lowest BCUT2D eigenvalue weighted by molar-refractivity contribution is -0.126. The van der Waals surface area contributed by atoms with Crippen LogP contribution in [-0.4, -0.2) is 36.3 Å². The molecule has 0 saturated carbocycles. The van der Waals surface area contributed by atoms with Crippen molar-refractivity contribution in [1.29, 1.82) is 0 Å². The molecule has 0 aromatic heterocycles. The van der Waals surface area contributed by atoms with Gasteiger partial charge in [0.05, 0.1) is 12.2 Å². The third-order valence-corrected chi connectivity index (χ3v) is 5.03. The van der Waals surface area contributed by atoms with E-state index >= 15 is 0 Å². The number of carbonyl (C=O) groups is 2. The quantitative estimate of drug-likeness (QED) is 0.806. The number of carbonyl (C=O) groups excluding carboxylic acids is 2. The first-order valence-corrected chi connectivity index (χ1v) is 9.61. The monoisotopic (exact) mass is 383 g/mol. The van der Waals surface area contributed by atoms with Crippen molar-refractivity contribution in [3.05, 3.63) is 65.5 Å². The standard InChI is InChI=1S/C22H26FN3O2/c1-16-7-8-20(19(23)13-16)25-21(27)15-26-11-9-18(10-12-26)22(28)24-14-17-5-3-2-4-6-17/h2-8,13,18H,9-12,14-15H2,1H3,(H,24,28)(H,25,27). The van der Waals surface area contributed by atoms with E-state index in [1.54, 1.807) is 19.1 Å². The van der Waals surface area contributed by atoms with Gasteiger partial charge in [0.15, 0.2) is 0 Å². The van der Waals surface area contributed by atoms with Crippen LogP contribution in [0.1, 0.15) is 24.0 Å². The molecule has 0 radical (unpaired) electrons. The van der Waals surface area contributed by atoms with Gasteiger partial charge in [-0.25, -0.2) is 4.39 Å². The first-order chi connectivity index (χ1) is 13.5. The minimum atomic E-state index is -0.429. The first kappa shape index (κ1) is 20.0. The molecule has 2 amide bonds. The van der Waals surface area contributed by atoms with E-state index in [-0.39, 0.29) is 30.0 Å².